The van der Waals surface area contributed by atoms with Gasteiger partial charge in [0.1, 0.15) is 5.82 Å². The summed E-state index contributed by atoms with van der Waals surface area (Å²) in [6, 6.07) is 4.02. The van der Waals surface area contributed by atoms with Gasteiger partial charge in [0.25, 0.3) is 0 Å². The lowest BCUT2D eigenvalue weighted by Crippen LogP contribution is -2.03. The van der Waals surface area contributed by atoms with Gasteiger partial charge in [-0.25, -0.2) is 4.98 Å². The van der Waals surface area contributed by atoms with Crippen molar-refractivity contribution in [2.24, 2.45) is 0 Å². The molecule has 0 saturated carbocycles. The lowest BCUT2D eigenvalue weighted by molar-refractivity contribution is 0.830. The lowest BCUT2D eigenvalue weighted by atomic mass is 10.3. The minimum absolute atomic E-state index is 0.967. The fraction of sp³-hybridized carbons (Fsp3) is 0.500. The Bertz CT molecular complexity index is 274. The van der Waals surface area contributed by atoms with Gasteiger partial charge in [-0.05, 0) is 41.4 Å². The molecule has 0 atom stereocenters. The van der Waals surface area contributed by atoms with E-state index in [0.717, 1.165) is 22.5 Å². The Balaban J connectivity index is 2.53. The summed E-state index contributed by atoms with van der Waals surface area (Å²) >= 11 is 3.42. The van der Waals surface area contributed by atoms with Gasteiger partial charge in [0, 0.05) is 11.0 Å². The number of pyridine rings is 1. The van der Waals surface area contributed by atoms with Crippen LogP contribution in [0.25, 0.3) is 0 Å². The number of hydrogen-bond donors (Lipinski definition) is 1. The molecule has 0 spiro atoms. The van der Waals surface area contributed by atoms with Crippen molar-refractivity contribution in [3.05, 3.63) is 22.3 Å². The van der Waals surface area contributed by atoms with Crippen LogP contribution >= 0.6 is 15.9 Å². The first-order valence-corrected chi connectivity index (χ1v) is 5.40. The molecular formula is C10H15BrN2. The second-order valence-corrected chi connectivity index (χ2v) is 3.90. The minimum Gasteiger partial charge on any atom is -0.370 e. The molecule has 0 amide bonds. The standard InChI is InChI=1S/C10H15BrN2/c1-3-4-7-12-10-6-5-9(11)8(2)13-10/h5-6H,3-4,7H2,1-2H3,(H,12,13). The molecule has 0 saturated heterocycles. The molecule has 72 valence electrons. The Hall–Kier alpha value is -0.570. The Labute approximate surface area is 87.9 Å². The molecule has 2 nitrogen and oxygen atoms in total. The van der Waals surface area contributed by atoms with Gasteiger partial charge in [0.05, 0.1) is 5.69 Å². The van der Waals surface area contributed by atoms with E-state index in [9.17, 15) is 0 Å². The van der Waals surface area contributed by atoms with Crippen molar-refractivity contribution in [1.82, 2.24) is 4.98 Å². The number of nitrogens with zero attached hydrogens (tertiary/aromatic N) is 1. The molecule has 0 fully saturated rings. The van der Waals surface area contributed by atoms with E-state index in [-0.39, 0.29) is 0 Å². The second kappa shape index (κ2) is 5.22. The number of hydrogen-bond acceptors (Lipinski definition) is 2. The van der Waals surface area contributed by atoms with Crippen LogP contribution in [0.3, 0.4) is 0 Å². The summed E-state index contributed by atoms with van der Waals surface area (Å²) in [5, 5.41) is 3.28. The highest BCUT2D eigenvalue weighted by molar-refractivity contribution is 9.10. The van der Waals surface area contributed by atoms with Gasteiger partial charge in [0.15, 0.2) is 0 Å². The summed E-state index contributed by atoms with van der Waals surface area (Å²) in [6.07, 6.45) is 2.40. The van der Waals surface area contributed by atoms with Crippen molar-refractivity contribution in [2.45, 2.75) is 26.7 Å². The van der Waals surface area contributed by atoms with Crippen LogP contribution in [0.4, 0.5) is 5.82 Å². The second-order valence-electron chi connectivity index (χ2n) is 3.04. The first-order chi connectivity index (χ1) is 6.24. The Kier molecular flexibility index (Phi) is 4.22. The number of rotatable bonds is 4. The van der Waals surface area contributed by atoms with Crippen LogP contribution in [-0.2, 0) is 0 Å². The fourth-order valence-corrected chi connectivity index (χ4v) is 1.26. The number of nitrogens with one attached hydrogen (secondary N) is 1. The summed E-state index contributed by atoms with van der Waals surface area (Å²) in [4.78, 5) is 4.39. The zero-order valence-corrected chi connectivity index (χ0v) is 9.69. The summed E-state index contributed by atoms with van der Waals surface area (Å²) in [7, 11) is 0. The van der Waals surface area contributed by atoms with E-state index in [0.29, 0.717) is 0 Å². The first-order valence-electron chi connectivity index (χ1n) is 4.61. The first kappa shape index (κ1) is 10.5. The van der Waals surface area contributed by atoms with E-state index in [1.807, 2.05) is 19.1 Å². The predicted octanol–water partition coefficient (Wildman–Crippen LogP) is 3.36. The molecule has 1 N–H and O–H groups in total. The molecule has 0 aliphatic carbocycles. The minimum atomic E-state index is 0.967. The zero-order valence-electron chi connectivity index (χ0n) is 8.10. The molecule has 1 aromatic heterocycles. The van der Waals surface area contributed by atoms with E-state index in [1.165, 1.54) is 12.8 Å². The van der Waals surface area contributed by atoms with Crippen LogP contribution in [0.15, 0.2) is 16.6 Å². The summed E-state index contributed by atoms with van der Waals surface area (Å²) in [5.41, 5.74) is 1.03. The molecular weight excluding hydrogens is 228 g/mol. The predicted molar refractivity (Wildman–Crippen MR) is 60.1 cm³/mol. The Morgan fingerprint density at radius 2 is 2.23 bits per heavy atom. The van der Waals surface area contributed by atoms with Crippen LogP contribution in [0.2, 0.25) is 0 Å². The summed E-state index contributed by atoms with van der Waals surface area (Å²) < 4.78 is 1.06. The molecule has 1 aromatic rings. The van der Waals surface area contributed by atoms with E-state index in [2.05, 4.69) is 33.2 Å². The van der Waals surface area contributed by atoms with Crippen LogP contribution in [0, 0.1) is 6.92 Å². The van der Waals surface area contributed by atoms with Crippen molar-refractivity contribution in [2.75, 3.05) is 11.9 Å². The van der Waals surface area contributed by atoms with E-state index >= 15 is 0 Å². The highest BCUT2D eigenvalue weighted by atomic mass is 79.9. The normalized spacial score (nSPS) is 10.1. The van der Waals surface area contributed by atoms with Crippen LogP contribution in [0.1, 0.15) is 25.5 Å². The van der Waals surface area contributed by atoms with Crippen molar-refractivity contribution < 1.29 is 0 Å². The number of halogens is 1. The van der Waals surface area contributed by atoms with Gasteiger partial charge in [-0.1, -0.05) is 13.3 Å². The molecule has 3 heteroatoms. The monoisotopic (exact) mass is 242 g/mol. The summed E-state index contributed by atoms with van der Waals surface area (Å²) in [5.74, 6) is 0.967. The third-order valence-corrected chi connectivity index (χ3v) is 2.70. The van der Waals surface area contributed by atoms with E-state index in [1.54, 1.807) is 0 Å². The molecule has 0 unspecified atom stereocenters. The molecule has 13 heavy (non-hydrogen) atoms. The maximum Gasteiger partial charge on any atom is 0.126 e. The van der Waals surface area contributed by atoms with Gasteiger partial charge < -0.3 is 5.32 Å². The number of aryl methyl sites for hydroxylation is 1. The van der Waals surface area contributed by atoms with Crippen LogP contribution in [0.5, 0.6) is 0 Å². The van der Waals surface area contributed by atoms with E-state index in [4.69, 9.17) is 0 Å². The quantitative estimate of drug-likeness (QED) is 0.820. The van der Waals surface area contributed by atoms with Crippen molar-refractivity contribution >= 4 is 21.7 Å². The number of anilines is 1. The van der Waals surface area contributed by atoms with Gasteiger partial charge in [-0.2, -0.15) is 0 Å². The van der Waals surface area contributed by atoms with Gasteiger partial charge >= 0.3 is 0 Å². The van der Waals surface area contributed by atoms with Crippen molar-refractivity contribution in [1.29, 1.82) is 0 Å². The van der Waals surface area contributed by atoms with Crippen molar-refractivity contribution in [3.8, 4) is 0 Å². The molecule has 0 aliphatic rings. The maximum absolute atomic E-state index is 4.39. The average Bonchev–Trinajstić information content (AvgIpc) is 2.12. The molecule has 0 aromatic carbocycles. The lowest BCUT2D eigenvalue weighted by Gasteiger charge is -2.05. The SMILES string of the molecule is CCCCNc1ccc(Br)c(C)n1. The highest BCUT2D eigenvalue weighted by Crippen LogP contribution is 2.15. The zero-order chi connectivity index (χ0) is 9.68. The third kappa shape index (κ3) is 3.35. The smallest absolute Gasteiger partial charge is 0.126 e. The average molecular weight is 243 g/mol. The van der Waals surface area contributed by atoms with Gasteiger partial charge in [0.2, 0.25) is 0 Å². The Morgan fingerprint density at radius 3 is 2.85 bits per heavy atom. The maximum atomic E-state index is 4.39. The molecule has 0 bridgehead atoms. The number of unbranched alkanes of at least 4 members (excludes halogenated alkanes) is 1. The fourth-order valence-electron chi connectivity index (χ4n) is 1.04. The molecule has 1 rings (SSSR count). The van der Waals surface area contributed by atoms with Gasteiger partial charge in [-0.3, -0.25) is 0 Å². The topological polar surface area (TPSA) is 24.9 Å². The molecule has 0 aliphatic heterocycles. The van der Waals surface area contributed by atoms with Gasteiger partial charge in [-0.15, -0.1) is 0 Å². The number of aromatic nitrogens is 1. The van der Waals surface area contributed by atoms with Crippen LogP contribution < -0.4 is 5.32 Å². The van der Waals surface area contributed by atoms with E-state index < -0.39 is 0 Å². The highest BCUT2D eigenvalue weighted by Gasteiger charge is 1.97. The van der Waals surface area contributed by atoms with Crippen molar-refractivity contribution in [3.63, 3.8) is 0 Å². The summed E-state index contributed by atoms with van der Waals surface area (Å²) in [6.45, 7) is 5.18. The third-order valence-electron chi connectivity index (χ3n) is 1.86. The Morgan fingerprint density at radius 1 is 1.46 bits per heavy atom. The molecule has 1 heterocycles. The molecule has 0 radical (unpaired) electrons. The van der Waals surface area contributed by atoms with Crippen LogP contribution in [-0.4, -0.2) is 11.5 Å². The largest absolute Gasteiger partial charge is 0.370 e.